The summed E-state index contributed by atoms with van der Waals surface area (Å²) in [5.74, 6) is -2.35. The van der Waals surface area contributed by atoms with Crippen LogP contribution in [0.15, 0.2) is 36.4 Å². The summed E-state index contributed by atoms with van der Waals surface area (Å²) in [5.41, 5.74) is -0.426. The number of alkyl halides is 3. The zero-order chi connectivity index (χ0) is 21.2. The predicted octanol–water partition coefficient (Wildman–Crippen LogP) is 4.76. The van der Waals surface area contributed by atoms with Gasteiger partial charge in [-0.25, -0.2) is 4.39 Å². The van der Waals surface area contributed by atoms with Crippen molar-refractivity contribution in [1.82, 2.24) is 4.90 Å². The lowest BCUT2D eigenvalue weighted by molar-refractivity contribution is -0.138. The maximum Gasteiger partial charge on any atom is 0.416 e. The number of carbonyl (C=O) groups excluding carboxylic acids is 1. The van der Waals surface area contributed by atoms with Gasteiger partial charge in [-0.3, -0.25) is 9.59 Å². The Kier molecular flexibility index (Phi) is 5.91. The van der Waals surface area contributed by atoms with Crippen molar-refractivity contribution >= 4 is 11.9 Å². The third-order valence-corrected chi connectivity index (χ3v) is 4.95. The molecule has 1 aliphatic rings. The van der Waals surface area contributed by atoms with Crippen LogP contribution in [0.3, 0.4) is 0 Å². The first-order chi connectivity index (χ1) is 13.7. The van der Waals surface area contributed by atoms with E-state index in [1.165, 1.54) is 18.2 Å². The number of carbonyl (C=O) groups is 2. The van der Waals surface area contributed by atoms with E-state index >= 15 is 0 Å². The molecule has 3 rings (SSSR count). The first-order valence-electron chi connectivity index (χ1n) is 9.18. The maximum atomic E-state index is 14.7. The molecular weight excluding hydrogens is 390 g/mol. The minimum Gasteiger partial charge on any atom is -0.481 e. The normalized spacial score (nSPS) is 14.3. The number of likely N-dealkylation sites (tertiary alicyclic amines) is 1. The number of carboxylic acids is 1. The fraction of sp³-hybridized carbons (Fsp3) is 0.333. The quantitative estimate of drug-likeness (QED) is 0.724. The van der Waals surface area contributed by atoms with E-state index in [4.69, 9.17) is 5.11 Å². The van der Waals surface area contributed by atoms with E-state index in [2.05, 4.69) is 0 Å². The summed E-state index contributed by atoms with van der Waals surface area (Å²) in [4.78, 5) is 24.8. The SMILES string of the molecule is O=C(O)CCc1ccc(C(F)(F)F)cc1-c1ccc(C(=O)N2CCCC2)c(F)c1. The van der Waals surface area contributed by atoms with Gasteiger partial charge in [0.25, 0.3) is 5.91 Å². The highest BCUT2D eigenvalue weighted by atomic mass is 19.4. The standard InChI is InChI=1S/C21H19F4NO3/c22-18-11-14(4-7-16(18)20(29)26-9-1-2-10-26)17-12-15(21(23,24)25)6-3-13(17)5-8-19(27)28/h3-4,6-7,11-12H,1-2,5,8-10H2,(H,27,28). The molecule has 8 heteroatoms. The van der Waals surface area contributed by atoms with Gasteiger partial charge in [0.15, 0.2) is 0 Å². The van der Waals surface area contributed by atoms with Crippen LogP contribution in [0.1, 0.15) is 40.7 Å². The molecule has 29 heavy (non-hydrogen) atoms. The summed E-state index contributed by atoms with van der Waals surface area (Å²) in [7, 11) is 0. The van der Waals surface area contributed by atoms with Gasteiger partial charge in [-0.1, -0.05) is 12.1 Å². The number of amides is 1. The van der Waals surface area contributed by atoms with Crippen molar-refractivity contribution in [3.8, 4) is 11.1 Å². The van der Waals surface area contributed by atoms with Crippen molar-refractivity contribution < 1.29 is 32.3 Å². The molecule has 0 unspecified atom stereocenters. The summed E-state index contributed by atoms with van der Waals surface area (Å²) < 4.78 is 54.1. The fourth-order valence-corrected chi connectivity index (χ4v) is 3.43. The van der Waals surface area contributed by atoms with Crippen LogP contribution < -0.4 is 0 Å². The summed E-state index contributed by atoms with van der Waals surface area (Å²) in [6, 6.07) is 6.67. The lowest BCUT2D eigenvalue weighted by Gasteiger charge is -2.17. The lowest BCUT2D eigenvalue weighted by Crippen LogP contribution is -2.28. The molecule has 1 heterocycles. The predicted molar refractivity (Wildman–Crippen MR) is 97.9 cm³/mol. The number of aryl methyl sites for hydroxylation is 1. The third-order valence-electron chi connectivity index (χ3n) is 4.95. The van der Waals surface area contributed by atoms with Gasteiger partial charge in [0.1, 0.15) is 5.82 Å². The van der Waals surface area contributed by atoms with Gasteiger partial charge in [0.05, 0.1) is 11.1 Å². The van der Waals surface area contributed by atoms with Crippen LogP contribution in [0.2, 0.25) is 0 Å². The number of aliphatic carboxylic acids is 1. The van der Waals surface area contributed by atoms with Crippen LogP contribution in [0.4, 0.5) is 17.6 Å². The Morgan fingerprint density at radius 3 is 2.31 bits per heavy atom. The second kappa shape index (κ2) is 8.23. The zero-order valence-electron chi connectivity index (χ0n) is 15.4. The van der Waals surface area contributed by atoms with E-state index < -0.39 is 29.4 Å². The topological polar surface area (TPSA) is 57.6 Å². The van der Waals surface area contributed by atoms with Gasteiger partial charge in [-0.2, -0.15) is 13.2 Å². The Hall–Kier alpha value is -2.90. The van der Waals surface area contributed by atoms with Crippen molar-refractivity contribution in [2.75, 3.05) is 13.1 Å². The van der Waals surface area contributed by atoms with Crippen LogP contribution in [0.5, 0.6) is 0 Å². The zero-order valence-corrected chi connectivity index (χ0v) is 15.4. The minimum absolute atomic E-state index is 0.00111. The van der Waals surface area contributed by atoms with Crippen LogP contribution in [-0.4, -0.2) is 35.0 Å². The van der Waals surface area contributed by atoms with Crippen LogP contribution in [0.25, 0.3) is 11.1 Å². The molecule has 0 aliphatic carbocycles. The number of hydrogen-bond donors (Lipinski definition) is 1. The van der Waals surface area contributed by atoms with Gasteiger partial charge in [0.2, 0.25) is 0 Å². The summed E-state index contributed by atoms with van der Waals surface area (Å²) in [6.07, 6.45) is -3.17. The molecule has 0 atom stereocenters. The van der Waals surface area contributed by atoms with Crippen molar-refractivity contribution in [1.29, 1.82) is 0 Å². The number of benzene rings is 2. The molecule has 0 bridgehead atoms. The summed E-state index contributed by atoms with van der Waals surface area (Å²) in [6.45, 7) is 1.10. The molecule has 154 valence electrons. The largest absolute Gasteiger partial charge is 0.481 e. The van der Waals surface area contributed by atoms with E-state index in [0.717, 1.165) is 31.0 Å². The van der Waals surface area contributed by atoms with Gasteiger partial charge in [-0.05, 0) is 60.2 Å². The molecule has 4 nitrogen and oxygen atoms in total. The smallest absolute Gasteiger partial charge is 0.416 e. The van der Waals surface area contributed by atoms with Crippen molar-refractivity contribution in [3.05, 3.63) is 58.9 Å². The molecule has 1 amide bonds. The second-order valence-corrected chi connectivity index (χ2v) is 6.96. The van der Waals surface area contributed by atoms with Gasteiger partial charge < -0.3 is 10.0 Å². The van der Waals surface area contributed by atoms with Crippen molar-refractivity contribution in [2.24, 2.45) is 0 Å². The molecule has 1 N–H and O–H groups in total. The van der Waals surface area contributed by atoms with Gasteiger partial charge in [0, 0.05) is 19.5 Å². The Balaban J connectivity index is 2.00. The van der Waals surface area contributed by atoms with E-state index in [9.17, 15) is 27.2 Å². The van der Waals surface area contributed by atoms with Crippen LogP contribution in [0, 0.1) is 5.82 Å². The molecule has 0 aromatic heterocycles. The van der Waals surface area contributed by atoms with Crippen LogP contribution in [-0.2, 0) is 17.4 Å². The Morgan fingerprint density at radius 1 is 1.03 bits per heavy atom. The monoisotopic (exact) mass is 409 g/mol. The molecule has 0 saturated carbocycles. The number of halogens is 4. The second-order valence-electron chi connectivity index (χ2n) is 6.96. The number of carboxylic acid groups (broad SMARTS) is 1. The molecule has 2 aromatic rings. The van der Waals surface area contributed by atoms with E-state index in [0.29, 0.717) is 18.7 Å². The molecule has 0 radical (unpaired) electrons. The average molecular weight is 409 g/mol. The first-order valence-corrected chi connectivity index (χ1v) is 9.18. The van der Waals surface area contributed by atoms with E-state index in [-0.39, 0.29) is 29.5 Å². The highest BCUT2D eigenvalue weighted by Gasteiger charge is 2.31. The number of hydrogen-bond acceptors (Lipinski definition) is 2. The molecule has 1 aliphatic heterocycles. The van der Waals surface area contributed by atoms with Crippen LogP contribution >= 0.6 is 0 Å². The van der Waals surface area contributed by atoms with Crippen molar-refractivity contribution in [2.45, 2.75) is 31.9 Å². The highest BCUT2D eigenvalue weighted by Crippen LogP contribution is 2.35. The first kappa shape index (κ1) is 20.8. The Morgan fingerprint density at radius 2 is 1.72 bits per heavy atom. The van der Waals surface area contributed by atoms with E-state index in [1.54, 1.807) is 4.90 Å². The lowest BCUT2D eigenvalue weighted by atomic mass is 9.93. The van der Waals surface area contributed by atoms with Crippen molar-refractivity contribution in [3.63, 3.8) is 0 Å². The molecule has 1 saturated heterocycles. The summed E-state index contributed by atoms with van der Waals surface area (Å²) >= 11 is 0. The molecule has 2 aromatic carbocycles. The summed E-state index contributed by atoms with van der Waals surface area (Å²) in [5, 5.41) is 8.88. The molecule has 1 fully saturated rings. The molecule has 0 spiro atoms. The maximum absolute atomic E-state index is 14.7. The Bertz CT molecular complexity index is 934. The number of nitrogens with zero attached hydrogens (tertiary/aromatic N) is 1. The average Bonchev–Trinajstić information content (AvgIpc) is 3.19. The third kappa shape index (κ3) is 4.75. The highest BCUT2D eigenvalue weighted by molar-refractivity contribution is 5.95. The Labute approximate surface area is 164 Å². The number of rotatable bonds is 5. The fourth-order valence-electron chi connectivity index (χ4n) is 3.43. The van der Waals surface area contributed by atoms with Gasteiger partial charge in [-0.15, -0.1) is 0 Å². The van der Waals surface area contributed by atoms with E-state index in [1.807, 2.05) is 0 Å². The minimum atomic E-state index is -4.59. The van der Waals surface area contributed by atoms with Gasteiger partial charge >= 0.3 is 12.1 Å². The molecular formula is C21H19F4NO3.